The molecule has 10 heteroatoms. The van der Waals surface area contributed by atoms with Crippen LogP contribution in [-0.4, -0.2) is 43.2 Å². The van der Waals surface area contributed by atoms with Crippen molar-refractivity contribution in [3.63, 3.8) is 0 Å². The van der Waals surface area contributed by atoms with Gasteiger partial charge in [0.2, 0.25) is 11.9 Å². The molecule has 0 saturated heterocycles. The Hall–Kier alpha value is -4.60. The van der Waals surface area contributed by atoms with E-state index in [9.17, 15) is 9.59 Å². The van der Waals surface area contributed by atoms with Crippen LogP contribution in [0.25, 0.3) is 0 Å². The fourth-order valence-electron chi connectivity index (χ4n) is 3.53. The van der Waals surface area contributed by atoms with Gasteiger partial charge < -0.3 is 20.1 Å². The Bertz CT molecular complexity index is 1240. The van der Waals surface area contributed by atoms with Crippen LogP contribution >= 0.6 is 0 Å². The molecular weight excluding hydrogens is 436 g/mol. The molecule has 3 aromatic rings. The van der Waals surface area contributed by atoms with Crippen molar-refractivity contribution in [2.75, 3.05) is 41.7 Å². The van der Waals surface area contributed by atoms with Crippen LogP contribution < -0.4 is 29.9 Å². The molecule has 2 N–H and O–H groups in total. The van der Waals surface area contributed by atoms with Gasteiger partial charge in [-0.05, 0) is 48.5 Å². The van der Waals surface area contributed by atoms with Crippen LogP contribution in [0.15, 0.2) is 61.3 Å². The molecule has 174 valence electrons. The van der Waals surface area contributed by atoms with E-state index in [4.69, 9.17) is 9.47 Å². The summed E-state index contributed by atoms with van der Waals surface area (Å²) in [6.45, 7) is 3.78. The first-order chi connectivity index (χ1) is 16.4. The van der Waals surface area contributed by atoms with Crippen molar-refractivity contribution in [2.45, 2.75) is 6.54 Å². The number of carbonyl (C=O) groups excluding carboxylic acids is 2. The molecular formula is C24H24N6O4. The molecule has 3 amide bonds. The van der Waals surface area contributed by atoms with Crippen LogP contribution in [0.3, 0.4) is 0 Å². The first kappa shape index (κ1) is 22.6. The summed E-state index contributed by atoms with van der Waals surface area (Å²) in [5, 5.41) is 5.81. The number of fused-ring (bicyclic) bond motifs is 1. The zero-order valence-corrected chi connectivity index (χ0v) is 19.0. The molecule has 0 aliphatic carbocycles. The highest BCUT2D eigenvalue weighted by Crippen LogP contribution is 2.33. The number of benzene rings is 2. The number of carbonyl (C=O) groups is 2. The number of nitrogens with zero attached hydrogens (tertiary/aromatic N) is 4. The number of methoxy groups -OCH3 is 2. The summed E-state index contributed by atoms with van der Waals surface area (Å²) in [7, 11) is 4.80. The molecule has 0 spiro atoms. The fourth-order valence-corrected chi connectivity index (χ4v) is 3.53. The lowest BCUT2D eigenvalue weighted by Crippen LogP contribution is -2.45. The van der Waals surface area contributed by atoms with Crippen molar-refractivity contribution >= 4 is 40.8 Å². The summed E-state index contributed by atoms with van der Waals surface area (Å²) < 4.78 is 10.6. The van der Waals surface area contributed by atoms with Gasteiger partial charge in [-0.25, -0.2) is 9.78 Å². The first-order valence-corrected chi connectivity index (χ1v) is 10.4. The maximum atomic E-state index is 13.1. The number of rotatable bonds is 7. The smallest absolute Gasteiger partial charge is 0.330 e. The number of aromatic nitrogens is 2. The quantitative estimate of drug-likeness (QED) is 0.514. The van der Waals surface area contributed by atoms with Crippen LogP contribution in [0.5, 0.6) is 11.5 Å². The van der Waals surface area contributed by atoms with E-state index in [1.54, 1.807) is 55.6 Å². The third-order valence-corrected chi connectivity index (χ3v) is 5.29. The number of hydrogen-bond acceptors (Lipinski definition) is 7. The number of urea groups is 1. The zero-order chi connectivity index (χ0) is 24.2. The molecule has 1 aliphatic heterocycles. The van der Waals surface area contributed by atoms with Gasteiger partial charge in [0.1, 0.15) is 17.3 Å². The summed E-state index contributed by atoms with van der Waals surface area (Å²) in [5.41, 5.74) is 2.64. The van der Waals surface area contributed by atoms with E-state index in [1.165, 1.54) is 18.1 Å². The number of amides is 3. The summed E-state index contributed by atoms with van der Waals surface area (Å²) >= 11 is 0. The van der Waals surface area contributed by atoms with Gasteiger partial charge in [-0.15, -0.1) is 0 Å². The average molecular weight is 460 g/mol. The second-order valence-electron chi connectivity index (χ2n) is 7.40. The summed E-state index contributed by atoms with van der Waals surface area (Å²) in [5.74, 6) is 1.70. The number of ether oxygens (including phenoxy) is 2. The number of nitrogens with one attached hydrogen (secondary N) is 2. The normalized spacial score (nSPS) is 12.6. The van der Waals surface area contributed by atoms with Crippen molar-refractivity contribution in [3.8, 4) is 11.5 Å². The van der Waals surface area contributed by atoms with Gasteiger partial charge in [-0.2, -0.15) is 4.98 Å². The highest BCUT2D eigenvalue weighted by atomic mass is 16.5. The standard InChI is InChI=1S/C24H24N6O4/c1-5-21(31)26-16-6-11-20(34-4)19(12-16)27-23-25-13-15-14-30(24(32)29(2)22(15)28-23)17-7-9-18(33-3)10-8-17/h5-13H,1,14H2,2-4H3,(H,26,31)(H,25,27,28). The van der Waals surface area contributed by atoms with E-state index in [1.807, 2.05) is 12.1 Å². The highest BCUT2D eigenvalue weighted by molar-refractivity contribution is 6.05. The lowest BCUT2D eigenvalue weighted by atomic mass is 10.2. The molecule has 1 aliphatic rings. The van der Waals surface area contributed by atoms with Crippen molar-refractivity contribution < 1.29 is 19.1 Å². The maximum Gasteiger partial charge on any atom is 0.330 e. The topological polar surface area (TPSA) is 109 Å². The monoisotopic (exact) mass is 460 g/mol. The molecule has 0 radical (unpaired) electrons. The second kappa shape index (κ2) is 9.49. The van der Waals surface area contributed by atoms with E-state index in [0.717, 1.165) is 11.3 Å². The number of hydrogen-bond donors (Lipinski definition) is 2. The summed E-state index contributed by atoms with van der Waals surface area (Å²) in [6, 6.07) is 12.2. The van der Waals surface area contributed by atoms with Gasteiger partial charge in [0.15, 0.2) is 0 Å². The minimum absolute atomic E-state index is 0.214. The Morgan fingerprint density at radius 2 is 1.91 bits per heavy atom. The lowest BCUT2D eigenvalue weighted by molar-refractivity contribution is -0.111. The molecule has 2 heterocycles. The molecule has 0 bridgehead atoms. The molecule has 4 rings (SSSR count). The molecule has 0 atom stereocenters. The minimum atomic E-state index is -0.331. The van der Waals surface area contributed by atoms with Gasteiger partial charge in [-0.3, -0.25) is 14.6 Å². The third kappa shape index (κ3) is 4.46. The molecule has 34 heavy (non-hydrogen) atoms. The van der Waals surface area contributed by atoms with Crippen molar-refractivity contribution in [2.24, 2.45) is 0 Å². The summed E-state index contributed by atoms with van der Waals surface area (Å²) in [4.78, 5) is 36.8. The van der Waals surface area contributed by atoms with E-state index in [-0.39, 0.29) is 17.9 Å². The number of anilines is 5. The van der Waals surface area contributed by atoms with Gasteiger partial charge in [0, 0.05) is 30.2 Å². The second-order valence-corrected chi connectivity index (χ2v) is 7.40. The Labute approximate surface area is 196 Å². The van der Waals surface area contributed by atoms with E-state index >= 15 is 0 Å². The van der Waals surface area contributed by atoms with Crippen molar-refractivity contribution in [3.05, 3.63) is 66.9 Å². The minimum Gasteiger partial charge on any atom is -0.497 e. The van der Waals surface area contributed by atoms with E-state index in [2.05, 4.69) is 27.2 Å². The van der Waals surface area contributed by atoms with Gasteiger partial charge in [-0.1, -0.05) is 6.58 Å². The first-order valence-electron chi connectivity index (χ1n) is 10.4. The molecule has 0 unspecified atom stereocenters. The predicted molar refractivity (Wildman–Crippen MR) is 130 cm³/mol. The van der Waals surface area contributed by atoms with Crippen molar-refractivity contribution in [1.82, 2.24) is 9.97 Å². The van der Waals surface area contributed by atoms with Gasteiger partial charge >= 0.3 is 6.03 Å². The van der Waals surface area contributed by atoms with Crippen LogP contribution in [0, 0.1) is 0 Å². The molecule has 1 aromatic heterocycles. The Morgan fingerprint density at radius 1 is 1.15 bits per heavy atom. The van der Waals surface area contributed by atoms with Crippen LogP contribution in [0.1, 0.15) is 5.56 Å². The molecule has 2 aromatic carbocycles. The zero-order valence-electron chi connectivity index (χ0n) is 19.0. The Kier molecular flexibility index (Phi) is 6.30. The van der Waals surface area contributed by atoms with Crippen LogP contribution in [-0.2, 0) is 11.3 Å². The van der Waals surface area contributed by atoms with Crippen molar-refractivity contribution in [1.29, 1.82) is 0 Å². The largest absolute Gasteiger partial charge is 0.497 e. The SMILES string of the molecule is C=CC(=O)Nc1ccc(OC)c(Nc2ncc3c(n2)N(C)C(=O)N(c2ccc(OC)cc2)C3)c1. The fraction of sp³-hybridized carbons (Fsp3) is 0.167. The highest BCUT2D eigenvalue weighted by Gasteiger charge is 2.30. The predicted octanol–water partition coefficient (Wildman–Crippen LogP) is 3.94. The Morgan fingerprint density at radius 3 is 2.59 bits per heavy atom. The van der Waals surface area contributed by atoms with Gasteiger partial charge in [0.25, 0.3) is 0 Å². The van der Waals surface area contributed by atoms with Crippen LogP contribution in [0.2, 0.25) is 0 Å². The Balaban J connectivity index is 1.60. The van der Waals surface area contributed by atoms with E-state index < -0.39 is 0 Å². The molecule has 0 saturated carbocycles. The molecule has 10 nitrogen and oxygen atoms in total. The van der Waals surface area contributed by atoms with Gasteiger partial charge in [0.05, 0.1) is 26.5 Å². The van der Waals surface area contributed by atoms with Crippen LogP contribution in [0.4, 0.5) is 33.6 Å². The third-order valence-electron chi connectivity index (χ3n) is 5.29. The van der Waals surface area contributed by atoms with E-state index in [0.29, 0.717) is 35.2 Å². The molecule has 0 fully saturated rings. The maximum absolute atomic E-state index is 13.1. The average Bonchev–Trinajstić information content (AvgIpc) is 2.86. The lowest BCUT2D eigenvalue weighted by Gasteiger charge is -2.34. The summed E-state index contributed by atoms with van der Waals surface area (Å²) in [6.07, 6.45) is 2.87.